The van der Waals surface area contributed by atoms with Gasteiger partial charge in [0, 0.05) is 24.5 Å². The third kappa shape index (κ3) is 3.83. The number of halogens is 4. The molecule has 124 valence electrons. The Morgan fingerprint density at radius 1 is 1.13 bits per heavy atom. The number of nitrogens with one attached hydrogen (secondary N) is 1. The zero-order valence-electron chi connectivity index (χ0n) is 12.4. The lowest BCUT2D eigenvalue weighted by Crippen LogP contribution is -2.34. The molecule has 1 saturated heterocycles. The molecule has 3 rings (SSSR count). The van der Waals surface area contributed by atoms with Crippen LogP contribution in [0.2, 0.25) is 0 Å². The molecule has 0 bridgehead atoms. The highest BCUT2D eigenvalue weighted by molar-refractivity contribution is 5.46. The van der Waals surface area contributed by atoms with E-state index < -0.39 is 11.9 Å². The van der Waals surface area contributed by atoms with Gasteiger partial charge in [0.1, 0.15) is 5.82 Å². The highest BCUT2D eigenvalue weighted by Crippen LogP contribution is 2.30. The summed E-state index contributed by atoms with van der Waals surface area (Å²) >= 11 is 0. The van der Waals surface area contributed by atoms with Gasteiger partial charge in [0.25, 0.3) is 0 Å². The van der Waals surface area contributed by atoms with Crippen molar-refractivity contribution in [2.45, 2.75) is 25.4 Å². The molecule has 3 nitrogen and oxygen atoms in total. The summed E-state index contributed by atoms with van der Waals surface area (Å²) in [6.45, 7) is 1.63. The van der Waals surface area contributed by atoms with E-state index in [1.807, 2.05) is 0 Å². The second-order valence-corrected chi connectivity index (χ2v) is 5.89. The van der Waals surface area contributed by atoms with E-state index in [0.717, 1.165) is 37.7 Å². The molecule has 7 heteroatoms. The fourth-order valence-electron chi connectivity index (χ4n) is 2.97. The summed E-state index contributed by atoms with van der Waals surface area (Å²) in [5, 5.41) is 5.81. The van der Waals surface area contributed by atoms with Crippen LogP contribution in [0.25, 0.3) is 0 Å². The van der Waals surface area contributed by atoms with Crippen molar-refractivity contribution in [3.05, 3.63) is 47.5 Å². The molecule has 0 amide bonds. The van der Waals surface area contributed by atoms with E-state index in [-0.39, 0.29) is 5.82 Å². The number of nitrogens with zero attached hydrogens (tertiary/aromatic N) is 2. The summed E-state index contributed by atoms with van der Waals surface area (Å²) < 4.78 is 50.5. The van der Waals surface area contributed by atoms with E-state index in [0.29, 0.717) is 18.0 Å². The Labute approximate surface area is 131 Å². The molecule has 1 fully saturated rings. The largest absolute Gasteiger partial charge is 0.435 e. The molecule has 1 aromatic carbocycles. The van der Waals surface area contributed by atoms with Crippen LogP contribution < -0.4 is 4.90 Å². The fourth-order valence-corrected chi connectivity index (χ4v) is 2.97. The average molecular weight is 327 g/mol. The number of piperidine rings is 1. The number of rotatable bonds is 3. The van der Waals surface area contributed by atoms with Crippen LogP contribution in [-0.2, 0) is 12.6 Å². The van der Waals surface area contributed by atoms with Gasteiger partial charge in [-0.05, 0) is 55.5 Å². The van der Waals surface area contributed by atoms with Crippen LogP contribution >= 0.6 is 0 Å². The van der Waals surface area contributed by atoms with Crippen molar-refractivity contribution in [1.29, 1.82) is 0 Å². The molecule has 0 aliphatic carbocycles. The number of H-pyrrole nitrogens is 1. The molecule has 1 aromatic heterocycles. The predicted molar refractivity (Wildman–Crippen MR) is 78.6 cm³/mol. The number of hydrogen-bond donors (Lipinski definition) is 1. The van der Waals surface area contributed by atoms with Gasteiger partial charge in [0.2, 0.25) is 0 Å². The van der Waals surface area contributed by atoms with Gasteiger partial charge in [-0.15, -0.1) is 0 Å². The maximum absolute atomic E-state index is 12.9. The highest BCUT2D eigenvalue weighted by Gasteiger charge is 2.34. The van der Waals surface area contributed by atoms with E-state index in [2.05, 4.69) is 15.1 Å². The lowest BCUT2D eigenvalue weighted by molar-refractivity contribution is -0.141. The molecule has 0 radical (unpaired) electrons. The molecule has 2 aromatic rings. The van der Waals surface area contributed by atoms with Crippen LogP contribution in [0.4, 0.5) is 23.2 Å². The first-order valence-electron chi connectivity index (χ1n) is 7.54. The molecule has 0 spiro atoms. The lowest BCUT2D eigenvalue weighted by atomic mass is 9.92. The van der Waals surface area contributed by atoms with Crippen LogP contribution in [0.1, 0.15) is 24.2 Å². The van der Waals surface area contributed by atoms with Crippen LogP contribution in [0.3, 0.4) is 0 Å². The summed E-state index contributed by atoms with van der Waals surface area (Å²) in [5.41, 5.74) is 0.638. The molecule has 0 unspecified atom stereocenters. The van der Waals surface area contributed by atoms with Crippen LogP contribution in [0.5, 0.6) is 0 Å². The normalized spacial score (nSPS) is 16.8. The Bertz CT molecular complexity index is 640. The quantitative estimate of drug-likeness (QED) is 0.863. The van der Waals surface area contributed by atoms with Crippen molar-refractivity contribution in [3.8, 4) is 0 Å². The Kier molecular flexibility index (Phi) is 4.28. The minimum Gasteiger partial charge on any atom is -0.372 e. The van der Waals surface area contributed by atoms with Crippen molar-refractivity contribution >= 4 is 5.69 Å². The number of hydrogen-bond acceptors (Lipinski definition) is 2. The zero-order chi connectivity index (χ0) is 16.4. The topological polar surface area (TPSA) is 31.9 Å². The van der Waals surface area contributed by atoms with Gasteiger partial charge in [-0.3, -0.25) is 5.10 Å². The summed E-state index contributed by atoms with van der Waals surface area (Å²) in [6.07, 6.45) is -2.06. The molecular weight excluding hydrogens is 310 g/mol. The van der Waals surface area contributed by atoms with E-state index in [4.69, 9.17) is 0 Å². The van der Waals surface area contributed by atoms with Crippen molar-refractivity contribution in [1.82, 2.24) is 10.2 Å². The van der Waals surface area contributed by atoms with E-state index >= 15 is 0 Å². The van der Waals surface area contributed by atoms with Crippen molar-refractivity contribution in [3.63, 3.8) is 0 Å². The van der Waals surface area contributed by atoms with Gasteiger partial charge in [0.05, 0.1) is 0 Å². The van der Waals surface area contributed by atoms with Gasteiger partial charge in [-0.25, -0.2) is 4.39 Å². The second-order valence-electron chi connectivity index (χ2n) is 5.89. The van der Waals surface area contributed by atoms with Crippen LogP contribution in [-0.4, -0.2) is 23.3 Å². The first-order chi connectivity index (χ1) is 10.9. The molecule has 1 aliphatic heterocycles. The second kappa shape index (κ2) is 6.22. The van der Waals surface area contributed by atoms with Crippen LogP contribution in [0.15, 0.2) is 30.3 Å². The minimum absolute atomic E-state index is 0.261. The van der Waals surface area contributed by atoms with Gasteiger partial charge >= 0.3 is 6.18 Å². The summed E-state index contributed by atoms with van der Waals surface area (Å²) in [6, 6.07) is 7.46. The molecule has 2 heterocycles. The highest BCUT2D eigenvalue weighted by atomic mass is 19.4. The van der Waals surface area contributed by atoms with E-state index in [1.165, 1.54) is 12.1 Å². The summed E-state index contributed by atoms with van der Waals surface area (Å²) in [4.78, 5) is 2.17. The zero-order valence-corrected chi connectivity index (χ0v) is 12.4. The van der Waals surface area contributed by atoms with Crippen molar-refractivity contribution in [2.24, 2.45) is 5.92 Å². The first kappa shape index (κ1) is 15.8. The lowest BCUT2D eigenvalue weighted by Gasteiger charge is -2.33. The van der Waals surface area contributed by atoms with Gasteiger partial charge < -0.3 is 4.90 Å². The molecule has 1 N–H and O–H groups in total. The average Bonchev–Trinajstić information content (AvgIpc) is 2.98. The Morgan fingerprint density at radius 3 is 2.35 bits per heavy atom. The Hall–Kier alpha value is -2.05. The molecule has 0 atom stereocenters. The first-order valence-corrected chi connectivity index (χ1v) is 7.54. The van der Waals surface area contributed by atoms with Gasteiger partial charge in [-0.1, -0.05) is 0 Å². The molecule has 1 aliphatic rings. The number of anilines is 1. The number of aromatic nitrogens is 2. The van der Waals surface area contributed by atoms with Gasteiger partial charge in [-0.2, -0.15) is 18.3 Å². The maximum atomic E-state index is 12.9. The van der Waals surface area contributed by atoms with Crippen molar-refractivity contribution in [2.75, 3.05) is 18.0 Å². The van der Waals surface area contributed by atoms with E-state index in [9.17, 15) is 17.6 Å². The Balaban J connectivity index is 1.55. The minimum atomic E-state index is -4.40. The number of benzene rings is 1. The predicted octanol–water partition coefficient (Wildman–Crippen LogP) is 4.03. The third-order valence-corrected chi connectivity index (χ3v) is 4.24. The van der Waals surface area contributed by atoms with Crippen LogP contribution in [0, 0.1) is 11.7 Å². The monoisotopic (exact) mass is 327 g/mol. The Morgan fingerprint density at radius 2 is 1.78 bits per heavy atom. The third-order valence-electron chi connectivity index (χ3n) is 4.24. The number of alkyl halides is 3. The van der Waals surface area contributed by atoms with Crippen molar-refractivity contribution < 1.29 is 17.6 Å². The molecular formula is C16H17F4N3. The summed E-state index contributed by atoms with van der Waals surface area (Å²) in [7, 11) is 0. The maximum Gasteiger partial charge on any atom is 0.435 e. The number of aromatic amines is 1. The molecule has 0 saturated carbocycles. The summed E-state index contributed by atoms with van der Waals surface area (Å²) in [5.74, 6) is 0.0663. The SMILES string of the molecule is Fc1ccc(N2CCC(Cc3cc(C(F)(F)F)n[nH]3)CC2)cc1. The fraction of sp³-hybridized carbons (Fsp3) is 0.438. The van der Waals surface area contributed by atoms with E-state index in [1.54, 1.807) is 12.1 Å². The molecule has 23 heavy (non-hydrogen) atoms. The smallest absolute Gasteiger partial charge is 0.372 e. The van der Waals surface area contributed by atoms with Gasteiger partial charge in [0.15, 0.2) is 5.69 Å². The standard InChI is InChI=1S/C16H17F4N3/c17-12-1-3-14(4-2-12)23-7-5-11(6-8-23)9-13-10-15(22-21-13)16(18,19)20/h1-4,10-11H,5-9H2,(H,21,22).